The minimum atomic E-state index is 0.520. The van der Waals surface area contributed by atoms with E-state index in [0.717, 1.165) is 33.2 Å². The Balaban J connectivity index is 2.66. The van der Waals surface area contributed by atoms with E-state index >= 15 is 0 Å². The summed E-state index contributed by atoms with van der Waals surface area (Å²) in [5, 5.41) is 3.16. The molecule has 0 spiro atoms. The van der Waals surface area contributed by atoms with Crippen LogP contribution in [0.2, 0.25) is 0 Å². The number of anilines is 1. The minimum Gasteiger partial charge on any atom is -0.382 e. The van der Waals surface area contributed by atoms with Gasteiger partial charge in [0.05, 0.1) is 5.69 Å². The Hall–Kier alpha value is -0.630. The molecule has 112 valence electrons. The summed E-state index contributed by atoms with van der Waals surface area (Å²) in [5.74, 6) is 6.01. The van der Waals surface area contributed by atoms with Gasteiger partial charge in [-0.3, -0.25) is 10.4 Å². The molecular weight excluding hydrogens is 388 g/mol. The second-order valence-corrected chi connectivity index (χ2v) is 5.86. The van der Waals surface area contributed by atoms with Crippen molar-refractivity contribution < 1.29 is 4.74 Å². The normalized spacial score (nSPS) is 11.6. The van der Waals surface area contributed by atoms with Gasteiger partial charge in [0.25, 0.3) is 0 Å². The van der Waals surface area contributed by atoms with Crippen LogP contribution in [0.1, 0.15) is 18.9 Å². The van der Waals surface area contributed by atoms with Crippen LogP contribution < -0.4 is 16.6 Å². The van der Waals surface area contributed by atoms with Crippen LogP contribution in [-0.2, 0) is 4.74 Å². The molecular formula is C13H20Br2N4O. The van der Waals surface area contributed by atoms with Crippen LogP contribution in [0.25, 0.3) is 0 Å². The molecule has 1 rings (SSSR count). The number of nitrogens with one attached hydrogen (secondary N) is 2. The summed E-state index contributed by atoms with van der Waals surface area (Å²) in [4.78, 5) is 4.36. The van der Waals surface area contributed by atoms with Gasteiger partial charge in [0.15, 0.2) is 0 Å². The van der Waals surface area contributed by atoms with Gasteiger partial charge in [-0.2, -0.15) is 0 Å². The SMILES string of the molecule is CCOCCCN=C(NN)Nc1c(Br)cc(C)cc1Br. The van der Waals surface area contributed by atoms with Crippen LogP contribution in [0.4, 0.5) is 5.69 Å². The fourth-order valence-electron chi connectivity index (χ4n) is 1.56. The molecule has 1 aromatic rings. The Morgan fingerprint density at radius 2 is 2.00 bits per heavy atom. The summed E-state index contributed by atoms with van der Waals surface area (Å²) in [6.45, 7) is 6.09. The lowest BCUT2D eigenvalue weighted by Crippen LogP contribution is -2.36. The fourth-order valence-corrected chi connectivity index (χ4v) is 3.17. The molecule has 0 radical (unpaired) electrons. The Morgan fingerprint density at radius 3 is 2.55 bits per heavy atom. The zero-order valence-corrected chi connectivity index (χ0v) is 14.8. The van der Waals surface area contributed by atoms with Crippen molar-refractivity contribution in [3.8, 4) is 0 Å². The molecule has 4 N–H and O–H groups in total. The monoisotopic (exact) mass is 406 g/mol. The molecule has 0 heterocycles. The van der Waals surface area contributed by atoms with E-state index in [4.69, 9.17) is 10.6 Å². The highest BCUT2D eigenvalue weighted by atomic mass is 79.9. The first kappa shape index (κ1) is 17.4. The number of hydrazine groups is 1. The number of hydrogen-bond donors (Lipinski definition) is 3. The second kappa shape index (κ2) is 9.33. The van der Waals surface area contributed by atoms with Crippen LogP contribution in [0.3, 0.4) is 0 Å². The summed E-state index contributed by atoms with van der Waals surface area (Å²) in [7, 11) is 0. The molecule has 0 aromatic heterocycles. The van der Waals surface area contributed by atoms with Gasteiger partial charge in [0.2, 0.25) is 5.96 Å². The van der Waals surface area contributed by atoms with Crippen molar-refractivity contribution in [3.63, 3.8) is 0 Å². The maximum atomic E-state index is 5.49. The van der Waals surface area contributed by atoms with E-state index in [1.54, 1.807) is 0 Å². The van der Waals surface area contributed by atoms with Crippen molar-refractivity contribution in [1.82, 2.24) is 5.43 Å². The van der Waals surface area contributed by atoms with E-state index in [9.17, 15) is 0 Å². The summed E-state index contributed by atoms with van der Waals surface area (Å²) >= 11 is 7.04. The van der Waals surface area contributed by atoms with Gasteiger partial charge in [-0.15, -0.1) is 0 Å². The van der Waals surface area contributed by atoms with Gasteiger partial charge >= 0.3 is 0 Å². The molecule has 0 aliphatic rings. The molecule has 0 aliphatic carbocycles. The third kappa shape index (κ3) is 5.78. The van der Waals surface area contributed by atoms with Crippen molar-refractivity contribution in [2.75, 3.05) is 25.1 Å². The summed E-state index contributed by atoms with van der Waals surface area (Å²) < 4.78 is 7.15. The number of rotatable bonds is 6. The highest BCUT2D eigenvalue weighted by molar-refractivity contribution is 9.11. The molecule has 0 atom stereocenters. The van der Waals surface area contributed by atoms with Crippen LogP contribution in [-0.4, -0.2) is 25.7 Å². The number of nitrogens with zero attached hydrogens (tertiary/aromatic N) is 1. The van der Waals surface area contributed by atoms with Gasteiger partial charge in [0, 0.05) is 28.7 Å². The van der Waals surface area contributed by atoms with Crippen LogP contribution >= 0.6 is 31.9 Å². The number of aliphatic imine (C=N–C) groups is 1. The van der Waals surface area contributed by atoms with E-state index in [1.807, 2.05) is 26.0 Å². The number of ether oxygens (including phenoxy) is 1. The third-order valence-electron chi connectivity index (χ3n) is 2.49. The predicted octanol–water partition coefficient (Wildman–Crippen LogP) is 3.18. The largest absolute Gasteiger partial charge is 0.382 e. The average Bonchev–Trinajstić information content (AvgIpc) is 2.40. The minimum absolute atomic E-state index is 0.520. The zero-order valence-electron chi connectivity index (χ0n) is 11.7. The number of guanidine groups is 1. The van der Waals surface area contributed by atoms with Gasteiger partial charge in [-0.1, -0.05) is 0 Å². The molecule has 1 aromatic carbocycles. The first-order valence-electron chi connectivity index (χ1n) is 6.40. The molecule has 0 saturated carbocycles. The molecule has 0 aliphatic heterocycles. The number of hydrogen-bond acceptors (Lipinski definition) is 3. The van der Waals surface area contributed by atoms with Crippen LogP contribution in [0, 0.1) is 6.92 Å². The Bertz CT molecular complexity index is 443. The van der Waals surface area contributed by atoms with Gasteiger partial charge in [-0.05, 0) is 69.8 Å². The van der Waals surface area contributed by atoms with Gasteiger partial charge < -0.3 is 10.1 Å². The topological polar surface area (TPSA) is 71.7 Å². The number of nitrogens with two attached hydrogens (primary N) is 1. The smallest absolute Gasteiger partial charge is 0.210 e. The quantitative estimate of drug-likeness (QED) is 0.222. The maximum absolute atomic E-state index is 5.49. The van der Waals surface area contributed by atoms with Crippen molar-refractivity contribution in [1.29, 1.82) is 0 Å². The lowest BCUT2D eigenvalue weighted by atomic mass is 10.2. The maximum Gasteiger partial charge on any atom is 0.210 e. The lowest BCUT2D eigenvalue weighted by Gasteiger charge is -2.13. The van der Waals surface area contributed by atoms with E-state index < -0.39 is 0 Å². The molecule has 0 bridgehead atoms. The van der Waals surface area contributed by atoms with Gasteiger partial charge in [-0.25, -0.2) is 5.84 Å². The Morgan fingerprint density at radius 1 is 1.35 bits per heavy atom. The fraction of sp³-hybridized carbons (Fsp3) is 0.462. The summed E-state index contributed by atoms with van der Waals surface area (Å²) in [6.07, 6.45) is 0.858. The molecule has 0 fully saturated rings. The van der Waals surface area contributed by atoms with Gasteiger partial charge in [0.1, 0.15) is 0 Å². The van der Waals surface area contributed by atoms with Crippen molar-refractivity contribution in [3.05, 3.63) is 26.6 Å². The highest BCUT2D eigenvalue weighted by Crippen LogP contribution is 2.32. The van der Waals surface area contributed by atoms with E-state index in [0.29, 0.717) is 19.1 Å². The molecule has 0 unspecified atom stereocenters. The number of halogens is 2. The first-order chi connectivity index (χ1) is 9.58. The molecule has 0 saturated heterocycles. The molecule has 0 amide bonds. The molecule has 5 nitrogen and oxygen atoms in total. The Labute approximate surface area is 136 Å². The van der Waals surface area contributed by atoms with E-state index in [1.165, 1.54) is 0 Å². The first-order valence-corrected chi connectivity index (χ1v) is 7.98. The lowest BCUT2D eigenvalue weighted by molar-refractivity contribution is 0.146. The average molecular weight is 408 g/mol. The van der Waals surface area contributed by atoms with Crippen LogP contribution in [0.5, 0.6) is 0 Å². The summed E-state index contributed by atoms with van der Waals surface area (Å²) in [6, 6.07) is 4.05. The molecule has 7 heteroatoms. The summed E-state index contributed by atoms with van der Waals surface area (Å²) in [5.41, 5.74) is 4.61. The van der Waals surface area contributed by atoms with Crippen molar-refractivity contribution in [2.45, 2.75) is 20.3 Å². The van der Waals surface area contributed by atoms with Crippen molar-refractivity contribution >= 4 is 43.5 Å². The number of benzene rings is 1. The molecule has 20 heavy (non-hydrogen) atoms. The van der Waals surface area contributed by atoms with E-state index in [-0.39, 0.29) is 0 Å². The highest BCUT2D eigenvalue weighted by Gasteiger charge is 2.08. The second-order valence-electron chi connectivity index (χ2n) is 4.15. The van der Waals surface area contributed by atoms with Crippen LogP contribution in [0.15, 0.2) is 26.1 Å². The standard InChI is InChI=1S/C13H20Br2N4O/c1-3-20-6-4-5-17-13(19-16)18-12-10(14)7-9(2)8-11(12)15/h7-8H,3-6,16H2,1-2H3,(H2,17,18,19). The third-order valence-corrected chi connectivity index (χ3v) is 3.74. The van der Waals surface area contributed by atoms with E-state index in [2.05, 4.69) is 47.6 Å². The number of aryl methyl sites for hydroxylation is 1. The van der Waals surface area contributed by atoms with Crippen molar-refractivity contribution in [2.24, 2.45) is 10.8 Å². The predicted molar refractivity (Wildman–Crippen MR) is 90.9 cm³/mol. The Kier molecular flexibility index (Phi) is 8.13. The zero-order chi connectivity index (χ0) is 15.0.